The van der Waals surface area contributed by atoms with Gasteiger partial charge in [0.15, 0.2) is 0 Å². The molecule has 1 heterocycles. The zero-order valence-corrected chi connectivity index (χ0v) is 23.9. The number of halogens is 6. The predicted molar refractivity (Wildman–Crippen MR) is 146 cm³/mol. The number of piperidine rings is 1. The number of hydrogen-bond donors (Lipinski definition) is 3. The molecule has 1 aliphatic carbocycles. The van der Waals surface area contributed by atoms with E-state index in [4.69, 9.17) is 9.90 Å². The van der Waals surface area contributed by atoms with Crippen molar-refractivity contribution in [3.63, 3.8) is 0 Å². The molecule has 2 aromatic rings. The van der Waals surface area contributed by atoms with Crippen LogP contribution in [0.15, 0.2) is 53.4 Å². The van der Waals surface area contributed by atoms with Gasteiger partial charge in [-0.2, -0.15) is 26.3 Å². The zero-order chi connectivity index (χ0) is 31.8. The van der Waals surface area contributed by atoms with Crippen LogP contribution in [-0.4, -0.2) is 62.2 Å². The lowest BCUT2D eigenvalue weighted by Gasteiger charge is -2.35. The Labute approximate surface area is 245 Å². The minimum Gasteiger partial charge on any atom is -0.475 e. The number of sulfonamides is 1. The summed E-state index contributed by atoms with van der Waals surface area (Å²) in [6, 6.07) is 9.49. The number of nitrogens with one attached hydrogen (secondary N) is 2. The van der Waals surface area contributed by atoms with Gasteiger partial charge in [-0.1, -0.05) is 19.3 Å². The number of likely N-dealkylation sites (tertiary alicyclic amines) is 1. The molecule has 0 bridgehead atoms. The molecule has 1 amide bonds. The summed E-state index contributed by atoms with van der Waals surface area (Å²) < 4.78 is 98.3. The Morgan fingerprint density at radius 2 is 1.37 bits per heavy atom. The third-order valence-corrected chi connectivity index (χ3v) is 8.83. The van der Waals surface area contributed by atoms with Gasteiger partial charge in [-0.15, -0.1) is 0 Å². The predicted octanol–water partition coefficient (Wildman–Crippen LogP) is 5.91. The maximum Gasteiger partial charge on any atom is 0.490 e. The Bertz CT molecular complexity index is 1320. The molecule has 15 heteroatoms. The molecule has 1 saturated carbocycles. The molecule has 1 aliphatic heterocycles. The van der Waals surface area contributed by atoms with Gasteiger partial charge in [-0.05, 0) is 93.2 Å². The standard InChI is InChI=1S/C26H32F3N3O3S.C2HF3O2/c27-26(28,29)21-8-10-22(11-9-21)30-25(33)20-6-12-24(13-7-20)36(34,35)31-23-14-16-32(17-15-23)18-19-4-2-1-3-5-19;3-2(4,5)1(6)7/h6-13,19,23,31H,1-5,14-18H2,(H,30,33);(H,6,7). The van der Waals surface area contributed by atoms with Gasteiger partial charge in [0.25, 0.3) is 5.91 Å². The summed E-state index contributed by atoms with van der Waals surface area (Å²) in [5.74, 6) is -2.54. The van der Waals surface area contributed by atoms with Gasteiger partial charge in [0.05, 0.1) is 10.5 Å². The van der Waals surface area contributed by atoms with E-state index >= 15 is 0 Å². The number of aliphatic carboxylic acids is 1. The largest absolute Gasteiger partial charge is 0.490 e. The number of alkyl halides is 6. The lowest BCUT2D eigenvalue weighted by Crippen LogP contribution is -2.45. The Morgan fingerprint density at radius 3 is 1.86 bits per heavy atom. The lowest BCUT2D eigenvalue weighted by atomic mass is 9.88. The summed E-state index contributed by atoms with van der Waals surface area (Å²) in [5, 5.41) is 9.64. The fourth-order valence-electron chi connectivity index (χ4n) is 4.99. The van der Waals surface area contributed by atoms with E-state index < -0.39 is 39.8 Å². The van der Waals surface area contributed by atoms with Crippen molar-refractivity contribution in [1.82, 2.24) is 9.62 Å². The maximum absolute atomic E-state index is 12.9. The molecule has 0 radical (unpaired) electrons. The number of carboxylic acid groups (broad SMARTS) is 1. The van der Waals surface area contributed by atoms with Gasteiger partial charge in [-0.25, -0.2) is 17.9 Å². The first-order chi connectivity index (χ1) is 20.0. The Morgan fingerprint density at radius 1 is 0.837 bits per heavy atom. The highest BCUT2D eigenvalue weighted by Crippen LogP contribution is 2.30. The van der Waals surface area contributed by atoms with Crippen molar-refractivity contribution in [2.45, 2.75) is 68.2 Å². The van der Waals surface area contributed by atoms with Crippen LogP contribution in [0.5, 0.6) is 0 Å². The van der Waals surface area contributed by atoms with Gasteiger partial charge in [0, 0.05) is 23.8 Å². The van der Waals surface area contributed by atoms with Crippen molar-refractivity contribution < 1.29 is 49.5 Å². The number of carbonyl (C=O) groups is 2. The SMILES string of the molecule is O=C(Nc1ccc(C(F)(F)F)cc1)c1ccc(S(=O)(=O)NC2CCN(CC3CCCCC3)CC2)cc1.O=C(O)C(F)(F)F. The van der Waals surface area contributed by atoms with E-state index in [-0.39, 0.29) is 22.2 Å². The summed E-state index contributed by atoms with van der Waals surface area (Å²) in [5.41, 5.74) is -0.400. The van der Waals surface area contributed by atoms with Crippen molar-refractivity contribution in [3.8, 4) is 0 Å². The second-order valence-corrected chi connectivity index (χ2v) is 12.3. The molecule has 0 aromatic heterocycles. The Kier molecular flexibility index (Phi) is 11.6. The third-order valence-electron chi connectivity index (χ3n) is 7.29. The molecular formula is C28H33F6N3O5S. The number of carboxylic acids is 1. The number of nitrogens with zero attached hydrogens (tertiary/aromatic N) is 1. The molecule has 0 spiro atoms. The van der Waals surface area contributed by atoms with Crippen molar-refractivity contribution in [2.75, 3.05) is 25.0 Å². The van der Waals surface area contributed by atoms with E-state index in [0.717, 1.165) is 50.5 Å². The average molecular weight is 638 g/mol. The molecule has 1 saturated heterocycles. The Hall–Kier alpha value is -3.17. The summed E-state index contributed by atoms with van der Waals surface area (Å²) in [6.07, 6.45) is -1.45. The van der Waals surface area contributed by atoms with Crippen LogP contribution in [0, 0.1) is 5.92 Å². The van der Waals surface area contributed by atoms with Crippen LogP contribution in [0.3, 0.4) is 0 Å². The van der Waals surface area contributed by atoms with E-state index in [0.29, 0.717) is 0 Å². The first-order valence-corrected chi connectivity index (χ1v) is 15.2. The highest BCUT2D eigenvalue weighted by atomic mass is 32.2. The van der Waals surface area contributed by atoms with Crippen molar-refractivity contribution in [1.29, 1.82) is 0 Å². The molecular weight excluding hydrogens is 604 g/mol. The smallest absolute Gasteiger partial charge is 0.475 e. The number of benzene rings is 2. The molecule has 8 nitrogen and oxygen atoms in total. The average Bonchev–Trinajstić information content (AvgIpc) is 2.94. The third kappa shape index (κ3) is 10.8. The van der Waals surface area contributed by atoms with Crippen LogP contribution >= 0.6 is 0 Å². The van der Waals surface area contributed by atoms with Crippen LogP contribution in [0.4, 0.5) is 32.0 Å². The molecule has 2 aromatic carbocycles. The molecule has 0 atom stereocenters. The number of amides is 1. The minimum absolute atomic E-state index is 0.0678. The second kappa shape index (κ2) is 14.5. The molecule has 2 aliphatic rings. The molecule has 3 N–H and O–H groups in total. The van der Waals surface area contributed by atoms with Crippen LogP contribution in [0.2, 0.25) is 0 Å². The lowest BCUT2D eigenvalue weighted by molar-refractivity contribution is -0.192. The van der Waals surface area contributed by atoms with Crippen molar-refractivity contribution in [2.24, 2.45) is 5.92 Å². The minimum atomic E-state index is -5.08. The highest BCUT2D eigenvalue weighted by molar-refractivity contribution is 7.89. The summed E-state index contributed by atoms with van der Waals surface area (Å²) in [7, 11) is -3.73. The van der Waals surface area contributed by atoms with Crippen molar-refractivity contribution >= 4 is 27.6 Å². The van der Waals surface area contributed by atoms with Crippen LogP contribution in [0.1, 0.15) is 60.9 Å². The normalized spacial score (nSPS) is 17.5. The molecule has 43 heavy (non-hydrogen) atoms. The first-order valence-electron chi connectivity index (χ1n) is 13.7. The monoisotopic (exact) mass is 637 g/mol. The van der Waals surface area contributed by atoms with E-state index in [1.807, 2.05) is 0 Å². The summed E-state index contributed by atoms with van der Waals surface area (Å²) in [4.78, 5) is 23.9. The van der Waals surface area contributed by atoms with E-state index in [9.17, 15) is 39.6 Å². The summed E-state index contributed by atoms with van der Waals surface area (Å²) in [6.45, 7) is 2.87. The first kappa shape index (κ1) is 34.3. The van der Waals surface area contributed by atoms with Crippen molar-refractivity contribution in [3.05, 3.63) is 59.7 Å². The summed E-state index contributed by atoms with van der Waals surface area (Å²) >= 11 is 0. The Balaban J connectivity index is 0.000000646. The van der Waals surface area contributed by atoms with Gasteiger partial charge < -0.3 is 15.3 Å². The van der Waals surface area contributed by atoms with Crippen LogP contribution < -0.4 is 10.0 Å². The van der Waals surface area contributed by atoms with E-state index in [2.05, 4.69) is 14.9 Å². The van der Waals surface area contributed by atoms with E-state index in [1.165, 1.54) is 68.5 Å². The fourth-order valence-corrected chi connectivity index (χ4v) is 6.29. The second-order valence-electron chi connectivity index (χ2n) is 10.6. The zero-order valence-electron chi connectivity index (χ0n) is 23.0. The fraction of sp³-hybridized carbons (Fsp3) is 0.500. The molecule has 0 unspecified atom stereocenters. The highest BCUT2D eigenvalue weighted by Gasteiger charge is 2.38. The van der Waals surface area contributed by atoms with Gasteiger partial charge in [0.1, 0.15) is 0 Å². The topological polar surface area (TPSA) is 116 Å². The quantitative estimate of drug-likeness (QED) is 0.325. The van der Waals surface area contributed by atoms with Crippen LogP contribution in [-0.2, 0) is 21.0 Å². The molecule has 2 fully saturated rings. The van der Waals surface area contributed by atoms with Gasteiger partial charge in [0.2, 0.25) is 10.0 Å². The van der Waals surface area contributed by atoms with E-state index in [1.54, 1.807) is 0 Å². The van der Waals surface area contributed by atoms with Crippen LogP contribution in [0.25, 0.3) is 0 Å². The maximum atomic E-state index is 12.9. The number of hydrogen-bond acceptors (Lipinski definition) is 5. The number of rotatable bonds is 7. The number of anilines is 1. The van der Waals surface area contributed by atoms with Gasteiger partial charge >= 0.3 is 18.3 Å². The van der Waals surface area contributed by atoms with Gasteiger partial charge in [-0.3, -0.25) is 4.79 Å². The molecule has 4 rings (SSSR count). The number of carbonyl (C=O) groups excluding carboxylic acids is 1. The molecule has 238 valence electrons.